The molecule has 1 aromatic heterocycles. The number of para-hydroxylation sites is 2. The van der Waals surface area contributed by atoms with E-state index in [0.717, 1.165) is 55.6 Å². The first-order chi connectivity index (χ1) is 30.1. The van der Waals surface area contributed by atoms with Crippen molar-refractivity contribution in [2.75, 3.05) is 48.8 Å². The van der Waals surface area contributed by atoms with Crippen molar-refractivity contribution >= 4 is 52.0 Å². The van der Waals surface area contributed by atoms with E-state index in [1.807, 2.05) is 48.5 Å². The van der Waals surface area contributed by atoms with Gasteiger partial charge in [-0.2, -0.15) is 0 Å². The Balaban J connectivity index is 1.12. The van der Waals surface area contributed by atoms with Crippen molar-refractivity contribution in [1.29, 1.82) is 0 Å². The molecule has 5 aromatic carbocycles. The fourth-order valence-corrected chi connectivity index (χ4v) is 7.82. The Morgan fingerprint density at radius 3 is 2.05 bits per heavy atom. The van der Waals surface area contributed by atoms with Crippen LogP contribution in [0.15, 0.2) is 127 Å². The van der Waals surface area contributed by atoms with Gasteiger partial charge >= 0.3 is 0 Å². The summed E-state index contributed by atoms with van der Waals surface area (Å²) in [4.78, 5) is 57.2. The highest BCUT2D eigenvalue weighted by atomic mass is 32.1. The van der Waals surface area contributed by atoms with E-state index in [9.17, 15) is 24.3 Å². The molecule has 4 amide bonds. The molecule has 1 fully saturated rings. The number of ether oxygens (including phenoxy) is 1. The number of nitrogens with one attached hydrogen (secondary N) is 5. The molecule has 1 saturated heterocycles. The van der Waals surface area contributed by atoms with Crippen LogP contribution in [0, 0.1) is 11.6 Å². The van der Waals surface area contributed by atoms with Crippen LogP contribution in [0.3, 0.4) is 0 Å². The summed E-state index contributed by atoms with van der Waals surface area (Å²) in [5, 5.41) is 25.9. The number of benzene rings is 5. The molecule has 15 heteroatoms. The lowest BCUT2D eigenvalue weighted by Crippen LogP contribution is -2.46. The monoisotopic (exact) mass is 858 g/mol. The number of aromatic hydroxyl groups is 1. The maximum absolute atomic E-state index is 16.1. The molecule has 6 N–H and O–H groups in total. The first kappa shape index (κ1) is 43.0. The van der Waals surface area contributed by atoms with Gasteiger partial charge < -0.3 is 41.3 Å². The number of hydrogen-bond donors (Lipinski definition) is 6. The average Bonchev–Trinajstić information content (AvgIpc) is 3.83. The molecule has 0 saturated carbocycles. The van der Waals surface area contributed by atoms with E-state index in [2.05, 4.69) is 31.5 Å². The van der Waals surface area contributed by atoms with Crippen LogP contribution >= 0.6 is 11.3 Å². The van der Waals surface area contributed by atoms with Crippen LogP contribution in [0.2, 0.25) is 0 Å². The summed E-state index contributed by atoms with van der Waals surface area (Å²) in [6, 6.07) is 29.6. The number of phenolic OH excluding ortho intramolecular Hbond substituents is 1. The van der Waals surface area contributed by atoms with E-state index in [1.54, 1.807) is 35.7 Å². The average molecular weight is 859 g/mol. The van der Waals surface area contributed by atoms with Gasteiger partial charge in [-0.25, -0.2) is 8.78 Å². The fraction of sp³-hybridized carbons (Fsp3) is 0.191. The van der Waals surface area contributed by atoms with Crippen LogP contribution in [0.25, 0.3) is 11.1 Å². The number of rotatable bonds is 15. The summed E-state index contributed by atoms with van der Waals surface area (Å²) >= 11 is 1.19. The summed E-state index contributed by atoms with van der Waals surface area (Å²) in [6.07, 6.45) is 0.149. The Hall–Kier alpha value is -7.10. The molecule has 12 nitrogen and oxygen atoms in total. The molecular formula is C47H44F2N6O6S. The van der Waals surface area contributed by atoms with Crippen molar-refractivity contribution in [2.45, 2.75) is 24.9 Å². The lowest BCUT2D eigenvalue weighted by molar-refractivity contribution is -0.118. The predicted molar refractivity (Wildman–Crippen MR) is 236 cm³/mol. The van der Waals surface area contributed by atoms with Crippen LogP contribution < -0.4 is 36.2 Å². The number of halogens is 2. The van der Waals surface area contributed by atoms with Gasteiger partial charge in [0.2, 0.25) is 11.8 Å². The highest BCUT2D eigenvalue weighted by molar-refractivity contribution is 7.12. The molecule has 0 spiro atoms. The Morgan fingerprint density at radius 1 is 0.742 bits per heavy atom. The van der Waals surface area contributed by atoms with Gasteiger partial charge in [0.1, 0.15) is 35.2 Å². The second-order valence-corrected chi connectivity index (χ2v) is 15.5. The lowest BCUT2D eigenvalue weighted by atomic mass is 10.00. The molecule has 2 atom stereocenters. The van der Waals surface area contributed by atoms with Gasteiger partial charge in [-0.15, -0.1) is 11.3 Å². The topological polar surface area (TPSA) is 161 Å². The molecule has 0 bridgehead atoms. The number of phenols is 1. The van der Waals surface area contributed by atoms with E-state index < -0.39 is 47.3 Å². The highest BCUT2D eigenvalue weighted by Gasteiger charge is 2.28. The summed E-state index contributed by atoms with van der Waals surface area (Å²) in [5.74, 6) is -4.25. The molecule has 1 aliphatic rings. The third-order valence-electron chi connectivity index (χ3n) is 10.3. The van der Waals surface area contributed by atoms with Crippen LogP contribution in [0.5, 0.6) is 11.5 Å². The number of anilines is 3. The largest absolute Gasteiger partial charge is 0.508 e. The van der Waals surface area contributed by atoms with Gasteiger partial charge in [0, 0.05) is 50.7 Å². The zero-order valence-electron chi connectivity index (χ0n) is 33.6. The number of thiophene rings is 1. The number of carbonyl (C=O) groups excluding carboxylic acids is 4. The Morgan fingerprint density at radius 2 is 1.39 bits per heavy atom. The first-order valence-corrected chi connectivity index (χ1v) is 20.7. The second kappa shape index (κ2) is 20.0. The molecule has 2 unspecified atom stereocenters. The normalized spacial score (nSPS) is 13.4. The zero-order chi connectivity index (χ0) is 43.6. The molecular weight excluding hydrogens is 815 g/mol. The van der Waals surface area contributed by atoms with Crippen LogP contribution in [0.4, 0.5) is 25.8 Å². The van der Waals surface area contributed by atoms with Crippen molar-refractivity contribution < 1.29 is 37.8 Å². The minimum Gasteiger partial charge on any atom is -0.508 e. The van der Waals surface area contributed by atoms with Crippen LogP contribution in [-0.2, 0) is 22.4 Å². The zero-order valence-corrected chi connectivity index (χ0v) is 34.4. The van der Waals surface area contributed by atoms with Crippen LogP contribution in [0.1, 0.15) is 31.2 Å². The summed E-state index contributed by atoms with van der Waals surface area (Å²) in [7, 11) is 1.30. The predicted octanol–water partition coefficient (Wildman–Crippen LogP) is 6.78. The van der Waals surface area contributed by atoms with Crippen molar-refractivity contribution in [3.63, 3.8) is 0 Å². The van der Waals surface area contributed by atoms with Crippen LogP contribution in [-0.4, -0.2) is 74.1 Å². The minimum atomic E-state index is -1.14. The first-order valence-electron chi connectivity index (χ1n) is 19.9. The Bertz CT molecular complexity index is 2540. The van der Waals surface area contributed by atoms with Crippen molar-refractivity contribution in [3.8, 4) is 22.6 Å². The summed E-state index contributed by atoms with van der Waals surface area (Å²) in [5.41, 5.74) is 2.57. The van der Waals surface area contributed by atoms with E-state index >= 15 is 8.78 Å². The second-order valence-electron chi connectivity index (χ2n) is 14.6. The quantitative estimate of drug-likeness (QED) is 0.0660. The van der Waals surface area contributed by atoms with Crippen molar-refractivity contribution in [2.24, 2.45) is 0 Å². The third kappa shape index (κ3) is 10.6. The number of methoxy groups -OCH3 is 1. The van der Waals surface area contributed by atoms with Crippen molar-refractivity contribution in [3.05, 3.63) is 160 Å². The lowest BCUT2D eigenvalue weighted by Gasteiger charge is -2.31. The highest BCUT2D eigenvalue weighted by Crippen LogP contribution is 2.38. The maximum atomic E-state index is 16.1. The third-order valence-corrected chi connectivity index (χ3v) is 11.2. The van der Waals surface area contributed by atoms with E-state index in [0.29, 0.717) is 16.1 Å². The molecule has 6 aromatic rings. The minimum absolute atomic E-state index is 0.00925. The number of piperazine rings is 1. The Kier molecular flexibility index (Phi) is 13.9. The van der Waals surface area contributed by atoms with E-state index in [-0.39, 0.29) is 46.7 Å². The van der Waals surface area contributed by atoms with Gasteiger partial charge in [0.05, 0.1) is 34.6 Å². The molecule has 0 radical (unpaired) electrons. The van der Waals surface area contributed by atoms with E-state index in [4.69, 9.17) is 4.74 Å². The SMILES string of the molecule is COc1c(NC(=O)C(Cc2ccc(O)cc2)NC(=O)c2cccs2)cc(F)cc1-c1ccc(C(=O)NC(Cc2ccccc2)C(=O)Nc2ccccc2N2CCNCC2)c(F)c1. The fourth-order valence-electron chi connectivity index (χ4n) is 7.20. The molecule has 62 heavy (non-hydrogen) atoms. The van der Waals surface area contributed by atoms with E-state index in [1.165, 1.54) is 42.7 Å². The van der Waals surface area contributed by atoms with Gasteiger partial charge in [0.15, 0.2) is 0 Å². The molecule has 318 valence electrons. The summed E-state index contributed by atoms with van der Waals surface area (Å²) in [6.45, 7) is 3.10. The molecule has 7 rings (SSSR count). The number of amides is 4. The van der Waals surface area contributed by atoms with Crippen molar-refractivity contribution in [1.82, 2.24) is 16.0 Å². The van der Waals surface area contributed by atoms with Gasteiger partial charge in [0.25, 0.3) is 11.8 Å². The number of nitrogens with zero attached hydrogens (tertiary/aromatic N) is 1. The molecule has 0 aliphatic carbocycles. The summed E-state index contributed by atoms with van der Waals surface area (Å²) < 4.78 is 37.1. The smallest absolute Gasteiger partial charge is 0.262 e. The maximum Gasteiger partial charge on any atom is 0.262 e. The van der Waals surface area contributed by atoms with Gasteiger partial charge in [-0.05, 0) is 70.6 Å². The number of hydrogen-bond acceptors (Lipinski definition) is 9. The Labute approximate surface area is 360 Å². The standard InChI is InChI=1S/C47H44F2N6O6S/c1-61-43-35(27-32(48)28-38(43)52-46(59)40(25-30-13-16-33(56)17-14-30)54-47(60)42-12-7-23-62-42)31-15-18-34(36(49)26-31)44(57)53-39(24-29-8-3-2-4-9-29)45(58)51-37-10-5-6-11-41(37)55-21-19-50-20-22-55/h2-18,23,26-28,39-40,50,56H,19-22,24-25H2,1H3,(H,51,58)(H,52,59)(H,53,57)(H,54,60). The van der Waals surface area contributed by atoms with Gasteiger partial charge in [-0.1, -0.05) is 66.7 Å². The number of carbonyl (C=O) groups is 4. The molecule has 2 heterocycles. The molecule has 1 aliphatic heterocycles. The van der Waals surface area contributed by atoms with Gasteiger partial charge in [-0.3, -0.25) is 19.2 Å².